The largest absolute Gasteiger partial charge is 0.372 e. The van der Waals surface area contributed by atoms with Crippen LogP contribution in [0.3, 0.4) is 0 Å². The summed E-state index contributed by atoms with van der Waals surface area (Å²) in [5.74, 6) is 0.995. The molecule has 5 heteroatoms. The van der Waals surface area contributed by atoms with Gasteiger partial charge in [0, 0.05) is 31.7 Å². The van der Waals surface area contributed by atoms with E-state index in [-0.39, 0.29) is 6.10 Å². The van der Waals surface area contributed by atoms with E-state index in [1.54, 1.807) is 6.20 Å². The summed E-state index contributed by atoms with van der Waals surface area (Å²) in [6, 6.07) is 3.99. The van der Waals surface area contributed by atoms with Crippen molar-refractivity contribution in [1.82, 2.24) is 15.0 Å². The Hall–Kier alpha value is -2.01. The molecule has 0 spiro atoms. The highest BCUT2D eigenvalue weighted by atomic mass is 16.5. The lowest BCUT2D eigenvalue weighted by Crippen LogP contribution is -2.40. The van der Waals surface area contributed by atoms with Crippen LogP contribution in [-0.2, 0) is 11.3 Å². The van der Waals surface area contributed by atoms with Crippen molar-refractivity contribution in [2.45, 2.75) is 39.4 Å². The number of hydrogen-bond donors (Lipinski definition) is 0. The van der Waals surface area contributed by atoms with E-state index in [9.17, 15) is 0 Å². The van der Waals surface area contributed by atoms with Crippen LogP contribution in [0.4, 0.5) is 5.82 Å². The molecule has 2 aromatic rings. The molecule has 0 aliphatic carbocycles. The lowest BCUT2D eigenvalue weighted by Gasteiger charge is -2.34. The number of aryl methyl sites for hydroxylation is 2. The Morgan fingerprint density at radius 1 is 1.32 bits per heavy atom. The van der Waals surface area contributed by atoms with E-state index >= 15 is 0 Å². The summed E-state index contributed by atoms with van der Waals surface area (Å²) >= 11 is 0. The highest BCUT2D eigenvalue weighted by Gasteiger charge is 2.23. The Morgan fingerprint density at radius 3 is 3.05 bits per heavy atom. The molecule has 2 aromatic heterocycles. The molecule has 22 heavy (non-hydrogen) atoms. The summed E-state index contributed by atoms with van der Waals surface area (Å²) in [5, 5.41) is 0. The first-order chi connectivity index (χ1) is 10.7. The van der Waals surface area contributed by atoms with Crippen LogP contribution >= 0.6 is 0 Å². The molecule has 5 nitrogen and oxygen atoms in total. The van der Waals surface area contributed by atoms with E-state index in [2.05, 4.69) is 19.9 Å². The highest BCUT2D eigenvalue weighted by molar-refractivity contribution is 5.43. The second-order valence-electron chi connectivity index (χ2n) is 5.80. The van der Waals surface area contributed by atoms with Crippen molar-refractivity contribution >= 4 is 5.82 Å². The summed E-state index contributed by atoms with van der Waals surface area (Å²) in [6.07, 6.45) is 7.90. The quantitative estimate of drug-likeness (QED) is 0.868. The molecule has 1 fully saturated rings. The maximum atomic E-state index is 6.06. The molecule has 0 bridgehead atoms. The van der Waals surface area contributed by atoms with Gasteiger partial charge in [-0.05, 0) is 38.3 Å². The zero-order valence-electron chi connectivity index (χ0n) is 13.2. The summed E-state index contributed by atoms with van der Waals surface area (Å²) in [5.41, 5.74) is 3.06. The third-order valence-electron chi connectivity index (χ3n) is 3.94. The van der Waals surface area contributed by atoms with Crippen molar-refractivity contribution in [2.75, 3.05) is 18.0 Å². The Morgan fingerprint density at radius 2 is 2.23 bits per heavy atom. The van der Waals surface area contributed by atoms with Gasteiger partial charge in [0.25, 0.3) is 0 Å². The lowest BCUT2D eigenvalue weighted by molar-refractivity contribution is 0.0312. The smallest absolute Gasteiger partial charge is 0.150 e. The minimum absolute atomic E-state index is 0.232. The SMILES string of the molecule is Cc1cnc(C)c(N2CCC[C@H](OCc3cccnc3)C2)n1. The van der Waals surface area contributed by atoms with E-state index in [0.29, 0.717) is 6.61 Å². The molecule has 3 rings (SSSR count). The molecule has 1 saturated heterocycles. The zero-order chi connectivity index (χ0) is 15.4. The van der Waals surface area contributed by atoms with Crippen LogP contribution < -0.4 is 4.90 Å². The Kier molecular flexibility index (Phi) is 4.63. The van der Waals surface area contributed by atoms with Crippen molar-refractivity contribution < 1.29 is 4.74 Å². The Bertz CT molecular complexity index is 617. The van der Waals surface area contributed by atoms with Gasteiger partial charge in [-0.1, -0.05) is 6.07 Å². The number of ether oxygens (including phenoxy) is 1. The number of anilines is 1. The number of nitrogens with zero attached hydrogens (tertiary/aromatic N) is 4. The van der Waals surface area contributed by atoms with Crippen LogP contribution in [-0.4, -0.2) is 34.1 Å². The molecule has 0 saturated carbocycles. The monoisotopic (exact) mass is 298 g/mol. The average molecular weight is 298 g/mol. The van der Waals surface area contributed by atoms with Gasteiger partial charge in [-0.2, -0.15) is 0 Å². The topological polar surface area (TPSA) is 51.1 Å². The number of pyridine rings is 1. The summed E-state index contributed by atoms with van der Waals surface area (Å²) < 4.78 is 6.06. The predicted octanol–water partition coefficient (Wildman–Crippen LogP) is 2.67. The van der Waals surface area contributed by atoms with Gasteiger partial charge < -0.3 is 9.64 Å². The number of piperidine rings is 1. The minimum atomic E-state index is 0.232. The molecule has 1 atom stereocenters. The molecule has 3 heterocycles. The summed E-state index contributed by atoms with van der Waals surface area (Å²) in [6.45, 7) is 6.51. The fourth-order valence-corrected chi connectivity index (χ4v) is 2.79. The number of rotatable bonds is 4. The van der Waals surface area contributed by atoms with Crippen LogP contribution in [0.1, 0.15) is 29.8 Å². The van der Waals surface area contributed by atoms with Crippen molar-refractivity contribution in [2.24, 2.45) is 0 Å². The zero-order valence-corrected chi connectivity index (χ0v) is 13.2. The van der Waals surface area contributed by atoms with Gasteiger partial charge in [-0.25, -0.2) is 4.98 Å². The van der Waals surface area contributed by atoms with Gasteiger partial charge in [-0.3, -0.25) is 9.97 Å². The fourth-order valence-electron chi connectivity index (χ4n) is 2.79. The van der Waals surface area contributed by atoms with E-state index < -0.39 is 0 Å². The fraction of sp³-hybridized carbons (Fsp3) is 0.471. The normalized spacial score (nSPS) is 18.5. The molecule has 0 N–H and O–H groups in total. The highest BCUT2D eigenvalue weighted by Crippen LogP contribution is 2.22. The molecular weight excluding hydrogens is 276 g/mol. The van der Waals surface area contributed by atoms with Crippen LogP contribution in [0.5, 0.6) is 0 Å². The first-order valence-electron chi connectivity index (χ1n) is 7.78. The van der Waals surface area contributed by atoms with Crippen LogP contribution in [0.15, 0.2) is 30.7 Å². The molecule has 0 amide bonds. The van der Waals surface area contributed by atoms with Crippen molar-refractivity contribution in [3.8, 4) is 0 Å². The Balaban J connectivity index is 1.63. The van der Waals surface area contributed by atoms with E-state index in [1.165, 1.54) is 0 Å². The molecule has 0 aromatic carbocycles. The molecule has 116 valence electrons. The second-order valence-corrected chi connectivity index (χ2v) is 5.80. The molecular formula is C17H22N4O. The van der Waals surface area contributed by atoms with Gasteiger partial charge in [0.2, 0.25) is 0 Å². The summed E-state index contributed by atoms with van der Waals surface area (Å²) in [7, 11) is 0. The average Bonchev–Trinajstić information content (AvgIpc) is 2.56. The maximum absolute atomic E-state index is 6.06. The first-order valence-corrected chi connectivity index (χ1v) is 7.78. The lowest BCUT2D eigenvalue weighted by atomic mass is 10.1. The van der Waals surface area contributed by atoms with Crippen LogP contribution in [0.25, 0.3) is 0 Å². The molecule has 1 aliphatic heterocycles. The minimum Gasteiger partial charge on any atom is -0.372 e. The standard InChI is InChI=1S/C17H22N4O/c1-13-9-19-14(2)17(20-13)21-8-4-6-16(11-21)22-12-15-5-3-7-18-10-15/h3,5,7,9-10,16H,4,6,8,11-12H2,1-2H3/t16-/m0/s1. The number of hydrogen-bond acceptors (Lipinski definition) is 5. The number of aromatic nitrogens is 3. The maximum Gasteiger partial charge on any atom is 0.150 e. The predicted molar refractivity (Wildman–Crippen MR) is 85.8 cm³/mol. The molecule has 0 radical (unpaired) electrons. The van der Waals surface area contributed by atoms with E-state index in [0.717, 1.165) is 48.7 Å². The van der Waals surface area contributed by atoms with Gasteiger partial charge in [0.05, 0.1) is 24.1 Å². The van der Waals surface area contributed by atoms with Crippen molar-refractivity contribution in [3.63, 3.8) is 0 Å². The Labute approximate surface area is 131 Å². The van der Waals surface area contributed by atoms with Gasteiger partial charge >= 0.3 is 0 Å². The van der Waals surface area contributed by atoms with E-state index in [1.807, 2.05) is 38.4 Å². The van der Waals surface area contributed by atoms with Crippen LogP contribution in [0.2, 0.25) is 0 Å². The van der Waals surface area contributed by atoms with Gasteiger partial charge in [-0.15, -0.1) is 0 Å². The van der Waals surface area contributed by atoms with Crippen molar-refractivity contribution in [3.05, 3.63) is 47.7 Å². The second kappa shape index (κ2) is 6.83. The van der Waals surface area contributed by atoms with Gasteiger partial charge in [0.15, 0.2) is 0 Å². The van der Waals surface area contributed by atoms with Gasteiger partial charge in [0.1, 0.15) is 5.82 Å². The molecule has 1 aliphatic rings. The molecule has 0 unspecified atom stereocenters. The first kappa shape index (κ1) is 14.9. The summed E-state index contributed by atoms with van der Waals surface area (Å²) in [4.78, 5) is 15.5. The third kappa shape index (κ3) is 3.60. The third-order valence-corrected chi connectivity index (χ3v) is 3.94. The van der Waals surface area contributed by atoms with Crippen molar-refractivity contribution in [1.29, 1.82) is 0 Å². The van der Waals surface area contributed by atoms with Crippen LogP contribution in [0, 0.1) is 13.8 Å². The van der Waals surface area contributed by atoms with E-state index in [4.69, 9.17) is 4.74 Å².